The van der Waals surface area contributed by atoms with Gasteiger partial charge in [0.2, 0.25) is 0 Å². The maximum atomic E-state index is 10.5. The van der Waals surface area contributed by atoms with Gasteiger partial charge in [0.05, 0.1) is 18.3 Å². The molecule has 3 fully saturated rings. The lowest BCUT2D eigenvalue weighted by Gasteiger charge is -2.57. The van der Waals surface area contributed by atoms with E-state index >= 15 is 0 Å². The van der Waals surface area contributed by atoms with Crippen LogP contribution in [0.5, 0.6) is 0 Å². The molecule has 0 saturated heterocycles. The van der Waals surface area contributed by atoms with Crippen molar-refractivity contribution in [2.45, 2.75) is 77.1 Å². The van der Waals surface area contributed by atoms with Crippen LogP contribution in [0.3, 0.4) is 0 Å². The third-order valence-electron chi connectivity index (χ3n) is 8.05. The van der Waals surface area contributed by atoms with E-state index in [2.05, 4.69) is 19.9 Å². The van der Waals surface area contributed by atoms with Crippen molar-refractivity contribution in [1.82, 2.24) is 0 Å². The highest BCUT2D eigenvalue weighted by Gasteiger charge is 2.60. The monoisotopic (exact) mass is 306 g/mol. The Morgan fingerprint density at radius 3 is 2.59 bits per heavy atom. The molecule has 0 bridgehead atoms. The van der Waals surface area contributed by atoms with E-state index in [1.54, 1.807) is 0 Å². The molecule has 3 nitrogen and oxygen atoms in total. The Hall–Kier alpha value is -0.380. The van der Waals surface area contributed by atoms with E-state index in [1.165, 1.54) is 5.57 Å². The average Bonchev–Trinajstić information content (AvgIpc) is 2.72. The van der Waals surface area contributed by atoms with Gasteiger partial charge in [0, 0.05) is 0 Å². The molecule has 4 aliphatic rings. The zero-order chi connectivity index (χ0) is 15.7. The lowest BCUT2D eigenvalue weighted by molar-refractivity contribution is -0.0817. The van der Waals surface area contributed by atoms with Crippen molar-refractivity contribution in [2.24, 2.45) is 28.6 Å². The Morgan fingerprint density at radius 2 is 1.82 bits per heavy atom. The van der Waals surface area contributed by atoms with Crippen LogP contribution in [0.15, 0.2) is 11.6 Å². The predicted molar refractivity (Wildman–Crippen MR) is 85.1 cm³/mol. The Balaban J connectivity index is 1.68. The van der Waals surface area contributed by atoms with Crippen molar-refractivity contribution in [3.63, 3.8) is 0 Å². The highest BCUT2D eigenvalue weighted by Crippen LogP contribution is 2.64. The smallest absolute Gasteiger partial charge is 0.0855 e. The summed E-state index contributed by atoms with van der Waals surface area (Å²) < 4.78 is 0. The highest BCUT2D eigenvalue weighted by atomic mass is 16.3. The lowest BCUT2D eigenvalue weighted by Crippen LogP contribution is -2.51. The van der Waals surface area contributed by atoms with Crippen molar-refractivity contribution in [1.29, 1.82) is 0 Å². The van der Waals surface area contributed by atoms with Crippen LogP contribution >= 0.6 is 0 Å². The quantitative estimate of drug-likeness (QED) is 0.603. The first kappa shape index (κ1) is 15.2. The molecule has 0 unspecified atom stereocenters. The zero-order valence-electron chi connectivity index (χ0n) is 13.8. The van der Waals surface area contributed by atoms with Gasteiger partial charge in [0.25, 0.3) is 0 Å². The Labute approximate surface area is 133 Å². The van der Waals surface area contributed by atoms with Crippen LogP contribution in [0.1, 0.15) is 58.8 Å². The second kappa shape index (κ2) is 4.81. The molecule has 0 aromatic carbocycles. The van der Waals surface area contributed by atoms with Crippen LogP contribution in [0.4, 0.5) is 0 Å². The minimum absolute atomic E-state index is 0.101. The number of aliphatic hydroxyl groups is 3. The number of hydrogen-bond acceptors (Lipinski definition) is 3. The topological polar surface area (TPSA) is 60.7 Å². The van der Waals surface area contributed by atoms with E-state index < -0.39 is 12.2 Å². The summed E-state index contributed by atoms with van der Waals surface area (Å²) in [4.78, 5) is 0. The van der Waals surface area contributed by atoms with Gasteiger partial charge in [-0.15, -0.1) is 0 Å². The van der Waals surface area contributed by atoms with Gasteiger partial charge in [-0.25, -0.2) is 0 Å². The molecule has 4 rings (SSSR count). The summed E-state index contributed by atoms with van der Waals surface area (Å²) in [6.45, 7) is 4.60. The van der Waals surface area contributed by atoms with Crippen LogP contribution in [0.25, 0.3) is 0 Å². The molecule has 0 aromatic heterocycles. The first-order chi connectivity index (χ1) is 10.4. The molecular formula is C19H30O3. The fraction of sp³-hybridized carbons (Fsp3) is 0.895. The number of hydrogen-bond donors (Lipinski definition) is 3. The molecule has 3 heteroatoms. The molecule has 0 aliphatic heterocycles. The SMILES string of the molecule is C[C@]12CC[C@@H]3[C@@H](CC=C4C[C@@H](O)CC[C@@]43C)[C@@H]1C[C@H](O)[C@H]2O. The fourth-order valence-corrected chi connectivity index (χ4v) is 6.63. The second-order valence-corrected chi connectivity index (χ2v) is 8.95. The standard InChI is InChI=1S/C19H30O3/c1-18-7-5-12(20)9-11(18)3-4-13-14(18)6-8-19(2)15(13)10-16(21)17(19)22/h3,12-17,20-22H,4-10H2,1-2H3/t12-,13+,14+,15-,16-,17+,18-,19-/m0/s1. The van der Waals surface area contributed by atoms with Crippen LogP contribution in [-0.4, -0.2) is 33.6 Å². The van der Waals surface area contributed by atoms with Crippen molar-refractivity contribution >= 4 is 0 Å². The number of rotatable bonds is 0. The summed E-state index contributed by atoms with van der Waals surface area (Å²) in [7, 11) is 0. The van der Waals surface area contributed by atoms with Crippen LogP contribution in [0, 0.1) is 28.6 Å². The zero-order valence-corrected chi connectivity index (χ0v) is 13.8. The Bertz CT molecular complexity index is 501. The van der Waals surface area contributed by atoms with Crippen LogP contribution in [0.2, 0.25) is 0 Å². The molecule has 124 valence electrons. The van der Waals surface area contributed by atoms with E-state index in [0.29, 0.717) is 17.8 Å². The fourth-order valence-electron chi connectivity index (χ4n) is 6.63. The average molecular weight is 306 g/mol. The van der Waals surface area contributed by atoms with Gasteiger partial charge in [-0.05, 0) is 73.5 Å². The van der Waals surface area contributed by atoms with Gasteiger partial charge in [-0.2, -0.15) is 0 Å². The number of aliphatic hydroxyl groups excluding tert-OH is 3. The van der Waals surface area contributed by atoms with E-state index in [0.717, 1.165) is 44.9 Å². The summed E-state index contributed by atoms with van der Waals surface area (Å²) >= 11 is 0. The third-order valence-corrected chi connectivity index (χ3v) is 8.05. The maximum absolute atomic E-state index is 10.5. The summed E-state index contributed by atoms with van der Waals surface area (Å²) in [5.41, 5.74) is 1.62. The van der Waals surface area contributed by atoms with Crippen molar-refractivity contribution in [3.05, 3.63) is 11.6 Å². The van der Waals surface area contributed by atoms with Gasteiger partial charge in [0.15, 0.2) is 0 Å². The predicted octanol–water partition coefficient (Wildman–Crippen LogP) is 2.64. The maximum Gasteiger partial charge on any atom is 0.0855 e. The second-order valence-electron chi connectivity index (χ2n) is 8.95. The minimum Gasteiger partial charge on any atom is -0.393 e. The minimum atomic E-state index is -0.551. The van der Waals surface area contributed by atoms with Gasteiger partial charge >= 0.3 is 0 Å². The van der Waals surface area contributed by atoms with Crippen molar-refractivity contribution in [2.75, 3.05) is 0 Å². The summed E-state index contributed by atoms with van der Waals surface area (Å²) in [6.07, 6.45) is 8.04. The van der Waals surface area contributed by atoms with Gasteiger partial charge in [-0.3, -0.25) is 0 Å². The molecule has 0 heterocycles. The van der Waals surface area contributed by atoms with Crippen molar-refractivity contribution < 1.29 is 15.3 Å². The summed E-state index contributed by atoms with van der Waals surface area (Å²) in [5.74, 6) is 1.70. The Kier molecular flexibility index (Phi) is 3.32. The summed E-state index contributed by atoms with van der Waals surface area (Å²) in [6, 6.07) is 0. The first-order valence-corrected chi connectivity index (χ1v) is 9.10. The van der Waals surface area contributed by atoms with E-state index in [-0.39, 0.29) is 16.9 Å². The Morgan fingerprint density at radius 1 is 1.05 bits per heavy atom. The molecule has 3 N–H and O–H groups in total. The number of allylic oxidation sites excluding steroid dienone is 1. The van der Waals surface area contributed by atoms with Crippen LogP contribution < -0.4 is 0 Å². The largest absolute Gasteiger partial charge is 0.393 e. The van der Waals surface area contributed by atoms with E-state index in [4.69, 9.17) is 0 Å². The van der Waals surface area contributed by atoms with Crippen molar-refractivity contribution in [3.8, 4) is 0 Å². The molecule has 4 aliphatic carbocycles. The molecule has 8 atom stereocenters. The highest BCUT2D eigenvalue weighted by molar-refractivity contribution is 5.25. The number of fused-ring (bicyclic) bond motifs is 5. The molecular weight excluding hydrogens is 276 g/mol. The van der Waals surface area contributed by atoms with E-state index in [9.17, 15) is 15.3 Å². The van der Waals surface area contributed by atoms with Gasteiger partial charge in [0.1, 0.15) is 0 Å². The molecule has 0 spiro atoms. The molecule has 3 saturated carbocycles. The van der Waals surface area contributed by atoms with Crippen LogP contribution in [-0.2, 0) is 0 Å². The third kappa shape index (κ3) is 1.85. The summed E-state index contributed by atoms with van der Waals surface area (Å²) in [5, 5.41) is 30.7. The van der Waals surface area contributed by atoms with E-state index in [1.807, 2.05) is 0 Å². The normalized spacial score (nSPS) is 57.6. The van der Waals surface area contributed by atoms with Gasteiger partial charge < -0.3 is 15.3 Å². The van der Waals surface area contributed by atoms with Gasteiger partial charge in [-0.1, -0.05) is 25.5 Å². The molecule has 22 heavy (non-hydrogen) atoms. The molecule has 0 amide bonds. The molecule has 0 radical (unpaired) electrons. The lowest BCUT2D eigenvalue weighted by atomic mass is 9.48. The molecule has 0 aromatic rings. The first-order valence-electron chi connectivity index (χ1n) is 9.10.